The van der Waals surface area contributed by atoms with Crippen LogP contribution in [0.2, 0.25) is 0 Å². The fraction of sp³-hybridized carbons (Fsp3) is 0.700. The molecule has 1 aromatic heterocycles. The van der Waals surface area contributed by atoms with Gasteiger partial charge in [0.2, 0.25) is 0 Å². The summed E-state index contributed by atoms with van der Waals surface area (Å²) in [5, 5.41) is 6.99. The second kappa shape index (κ2) is 5.14. The third-order valence-corrected chi connectivity index (χ3v) is 4.61. The summed E-state index contributed by atoms with van der Waals surface area (Å²) in [6, 6.07) is 0.715. The molecular formula is C10H16N2S2. The molecule has 1 saturated heterocycles. The van der Waals surface area contributed by atoms with Crippen molar-refractivity contribution in [2.24, 2.45) is 0 Å². The van der Waals surface area contributed by atoms with Crippen LogP contribution in [-0.4, -0.2) is 22.5 Å². The zero-order valence-electron chi connectivity index (χ0n) is 8.45. The van der Waals surface area contributed by atoms with Crippen molar-refractivity contribution in [2.45, 2.75) is 32.4 Å². The minimum atomic E-state index is 0.715. The smallest absolute Gasteiger partial charge is 0.0926 e. The maximum absolute atomic E-state index is 4.54. The van der Waals surface area contributed by atoms with Gasteiger partial charge < -0.3 is 5.32 Å². The highest BCUT2D eigenvalue weighted by atomic mass is 32.2. The molecule has 1 fully saturated rings. The molecule has 4 heteroatoms. The Morgan fingerprint density at radius 1 is 1.64 bits per heavy atom. The lowest BCUT2D eigenvalue weighted by molar-refractivity contribution is 0.552. The van der Waals surface area contributed by atoms with Crippen LogP contribution >= 0.6 is 23.1 Å². The lowest BCUT2D eigenvalue weighted by Gasteiger charge is -2.08. The number of hydrogen-bond acceptors (Lipinski definition) is 4. The lowest BCUT2D eigenvalue weighted by atomic mass is 10.2. The molecule has 1 aromatic rings. The Bertz CT molecular complexity index is 279. The molecule has 2 heterocycles. The van der Waals surface area contributed by atoms with Gasteiger partial charge in [0.15, 0.2) is 0 Å². The van der Waals surface area contributed by atoms with Gasteiger partial charge in [-0.3, -0.25) is 0 Å². The largest absolute Gasteiger partial charge is 0.307 e. The van der Waals surface area contributed by atoms with Crippen molar-refractivity contribution in [3.63, 3.8) is 0 Å². The second-order valence-electron chi connectivity index (χ2n) is 3.53. The Morgan fingerprint density at radius 3 is 3.21 bits per heavy atom. The van der Waals surface area contributed by atoms with E-state index in [0.717, 1.165) is 13.0 Å². The molecule has 1 unspecified atom stereocenters. The third-order valence-electron chi connectivity index (χ3n) is 2.40. The molecular weight excluding hydrogens is 212 g/mol. The molecule has 14 heavy (non-hydrogen) atoms. The third kappa shape index (κ3) is 2.72. The van der Waals surface area contributed by atoms with Gasteiger partial charge in [0.05, 0.1) is 10.7 Å². The van der Waals surface area contributed by atoms with Crippen LogP contribution in [0.4, 0.5) is 0 Å². The van der Waals surface area contributed by atoms with Crippen LogP contribution in [0.1, 0.15) is 24.0 Å². The van der Waals surface area contributed by atoms with E-state index in [1.165, 1.54) is 28.6 Å². The van der Waals surface area contributed by atoms with E-state index in [1.807, 2.05) is 11.8 Å². The lowest BCUT2D eigenvalue weighted by Crippen LogP contribution is -2.28. The minimum Gasteiger partial charge on any atom is -0.307 e. The van der Waals surface area contributed by atoms with Gasteiger partial charge in [0, 0.05) is 23.7 Å². The van der Waals surface area contributed by atoms with Gasteiger partial charge in [-0.25, -0.2) is 4.98 Å². The van der Waals surface area contributed by atoms with Crippen molar-refractivity contribution in [2.75, 3.05) is 11.5 Å². The van der Waals surface area contributed by atoms with Crippen molar-refractivity contribution in [1.29, 1.82) is 0 Å². The number of thioether (sulfide) groups is 1. The van der Waals surface area contributed by atoms with Gasteiger partial charge in [-0.05, 0) is 18.6 Å². The van der Waals surface area contributed by atoms with Crippen molar-refractivity contribution in [3.8, 4) is 0 Å². The van der Waals surface area contributed by atoms with Crippen molar-refractivity contribution in [3.05, 3.63) is 16.1 Å². The van der Waals surface area contributed by atoms with Gasteiger partial charge in [0.1, 0.15) is 0 Å². The van der Waals surface area contributed by atoms with E-state index in [9.17, 15) is 0 Å². The Kier molecular flexibility index (Phi) is 3.84. The van der Waals surface area contributed by atoms with Crippen LogP contribution in [0.15, 0.2) is 5.38 Å². The average Bonchev–Trinajstić information content (AvgIpc) is 2.86. The predicted octanol–water partition coefficient (Wildman–Crippen LogP) is 2.30. The van der Waals surface area contributed by atoms with Gasteiger partial charge in [-0.2, -0.15) is 11.8 Å². The fourth-order valence-electron chi connectivity index (χ4n) is 1.54. The molecule has 1 N–H and O–H groups in total. The normalized spacial score (nSPS) is 21.6. The molecule has 0 radical (unpaired) electrons. The van der Waals surface area contributed by atoms with Crippen molar-refractivity contribution in [1.82, 2.24) is 10.3 Å². The highest BCUT2D eigenvalue weighted by Crippen LogP contribution is 2.17. The van der Waals surface area contributed by atoms with Gasteiger partial charge in [0.25, 0.3) is 0 Å². The number of aromatic nitrogens is 1. The van der Waals surface area contributed by atoms with E-state index in [0.29, 0.717) is 6.04 Å². The molecule has 0 aliphatic carbocycles. The summed E-state index contributed by atoms with van der Waals surface area (Å²) < 4.78 is 0. The van der Waals surface area contributed by atoms with E-state index in [1.54, 1.807) is 11.3 Å². The Balaban J connectivity index is 1.79. The predicted molar refractivity (Wildman–Crippen MR) is 64.1 cm³/mol. The molecule has 78 valence electrons. The number of nitrogens with zero attached hydrogens (tertiary/aromatic N) is 1. The summed E-state index contributed by atoms with van der Waals surface area (Å²) in [5.41, 5.74) is 1.21. The second-order valence-corrected chi connectivity index (χ2v) is 5.62. The summed E-state index contributed by atoms with van der Waals surface area (Å²) in [6.07, 6.45) is 2.37. The highest BCUT2D eigenvalue weighted by molar-refractivity contribution is 7.99. The number of hydrogen-bond donors (Lipinski definition) is 1. The summed E-state index contributed by atoms with van der Waals surface area (Å²) in [5.74, 6) is 2.58. The van der Waals surface area contributed by atoms with E-state index in [-0.39, 0.29) is 0 Å². The first-order chi connectivity index (χ1) is 6.88. The quantitative estimate of drug-likeness (QED) is 0.856. The molecule has 0 spiro atoms. The Morgan fingerprint density at radius 2 is 2.57 bits per heavy atom. The molecule has 2 nitrogen and oxygen atoms in total. The molecule has 0 saturated carbocycles. The van der Waals surface area contributed by atoms with Gasteiger partial charge >= 0.3 is 0 Å². The monoisotopic (exact) mass is 228 g/mol. The zero-order valence-corrected chi connectivity index (χ0v) is 10.1. The molecule has 0 bridgehead atoms. The van der Waals surface area contributed by atoms with E-state index >= 15 is 0 Å². The van der Waals surface area contributed by atoms with Crippen LogP contribution in [-0.2, 0) is 13.0 Å². The maximum atomic E-state index is 4.54. The minimum absolute atomic E-state index is 0.715. The molecule has 0 aromatic carbocycles. The summed E-state index contributed by atoms with van der Waals surface area (Å²) in [7, 11) is 0. The Hall–Kier alpha value is -0.0600. The van der Waals surface area contributed by atoms with Gasteiger partial charge in [-0.1, -0.05) is 6.92 Å². The molecule has 1 aliphatic heterocycles. The summed E-state index contributed by atoms with van der Waals surface area (Å²) in [6.45, 7) is 3.10. The van der Waals surface area contributed by atoms with E-state index in [4.69, 9.17) is 0 Å². The number of rotatable bonds is 4. The first-order valence-corrected chi connectivity index (χ1v) is 7.16. The first kappa shape index (κ1) is 10.5. The number of thiazole rings is 1. The summed E-state index contributed by atoms with van der Waals surface area (Å²) >= 11 is 3.82. The average molecular weight is 228 g/mol. The zero-order chi connectivity index (χ0) is 9.80. The van der Waals surface area contributed by atoms with Crippen molar-refractivity contribution >= 4 is 23.1 Å². The fourth-order valence-corrected chi connectivity index (χ4v) is 3.47. The molecule has 1 atom stereocenters. The highest BCUT2D eigenvalue weighted by Gasteiger charge is 2.14. The number of nitrogens with one attached hydrogen (secondary N) is 1. The summed E-state index contributed by atoms with van der Waals surface area (Å²) in [4.78, 5) is 4.54. The SMILES string of the molecule is CCc1nc(CNC2CCSC2)cs1. The van der Waals surface area contributed by atoms with E-state index < -0.39 is 0 Å². The van der Waals surface area contributed by atoms with Crippen LogP contribution < -0.4 is 5.32 Å². The topological polar surface area (TPSA) is 24.9 Å². The Labute approximate surface area is 93.5 Å². The van der Waals surface area contributed by atoms with E-state index in [2.05, 4.69) is 22.6 Å². The molecule has 1 aliphatic rings. The maximum Gasteiger partial charge on any atom is 0.0926 e. The van der Waals surface area contributed by atoms with Crippen LogP contribution in [0, 0.1) is 0 Å². The first-order valence-electron chi connectivity index (χ1n) is 5.13. The van der Waals surface area contributed by atoms with Crippen molar-refractivity contribution < 1.29 is 0 Å². The van der Waals surface area contributed by atoms with Gasteiger partial charge in [-0.15, -0.1) is 11.3 Å². The standard InChI is InChI=1S/C10H16N2S2/c1-2-10-12-9(7-14-10)5-11-8-3-4-13-6-8/h7-8,11H,2-6H2,1H3. The molecule has 2 rings (SSSR count). The van der Waals surface area contributed by atoms with Crippen LogP contribution in [0.5, 0.6) is 0 Å². The van der Waals surface area contributed by atoms with Crippen LogP contribution in [0.3, 0.4) is 0 Å². The van der Waals surface area contributed by atoms with Crippen LogP contribution in [0.25, 0.3) is 0 Å². The number of aryl methyl sites for hydroxylation is 1. The molecule has 0 amide bonds.